The highest BCUT2D eigenvalue weighted by Crippen LogP contribution is 2.15. The Morgan fingerprint density at radius 2 is 1.81 bits per heavy atom. The van der Waals surface area contributed by atoms with E-state index in [1.165, 1.54) is 7.05 Å². The van der Waals surface area contributed by atoms with Crippen LogP contribution in [0.4, 0.5) is 10.5 Å². The molecule has 0 aliphatic heterocycles. The van der Waals surface area contributed by atoms with Crippen molar-refractivity contribution in [3.05, 3.63) is 29.8 Å². The second-order valence-electron chi connectivity index (χ2n) is 4.54. The van der Waals surface area contributed by atoms with Crippen molar-refractivity contribution in [1.29, 1.82) is 0 Å². The van der Waals surface area contributed by atoms with E-state index in [4.69, 9.17) is 0 Å². The Kier molecular flexibility index (Phi) is 6.60. The SMILES string of the molecule is CNC(C)c1ccc(NC(=O)NCCS(=O)(=O)NC)cc1. The summed E-state index contributed by atoms with van der Waals surface area (Å²) in [5.41, 5.74) is 1.76. The Morgan fingerprint density at radius 1 is 1.19 bits per heavy atom. The molecular formula is C13H22N4O3S. The van der Waals surface area contributed by atoms with Gasteiger partial charge < -0.3 is 16.0 Å². The maximum atomic E-state index is 11.6. The summed E-state index contributed by atoms with van der Waals surface area (Å²) in [4.78, 5) is 11.6. The van der Waals surface area contributed by atoms with Gasteiger partial charge in [-0.15, -0.1) is 0 Å². The molecule has 4 N–H and O–H groups in total. The third-order valence-corrected chi connectivity index (χ3v) is 4.43. The lowest BCUT2D eigenvalue weighted by atomic mass is 10.1. The Labute approximate surface area is 125 Å². The monoisotopic (exact) mass is 314 g/mol. The van der Waals surface area contributed by atoms with E-state index >= 15 is 0 Å². The number of carbonyl (C=O) groups excluding carboxylic acids is 1. The first-order chi connectivity index (χ1) is 9.88. The number of sulfonamides is 1. The fourth-order valence-corrected chi connectivity index (χ4v) is 2.17. The Bertz CT molecular complexity index is 557. The first-order valence-electron chi connectivity index (χ1n) is 6.61. The van der Waals surface area contributed by atoms with Crippen LogP contribution in [0.15, 0.2) is 24.3 Å². The highest BCUT2D eigenvalue weighted by Gasteiger charge is 2.08. The van der Waals surface area contributed by atoms with Crippen LogP contribution in [0.5, 0.6) is 0 Å². The molecule has 0 aliphatic carbocycles. The predicted octanol–water partition coefficient (Wildman–Crippen LogP) is 0.638. The molecule has 0 aromatic heterocycles. The van der Waals surface area contributed by atoms with E-state index < -0.39 is 16.1 Å². The molecule has 7 nitrogen and oxygen atoms in total. The molecule has 1 unspecified atom stereocenters. The van der Waals surface area contributed by atoms with Crippen LogP contribution < -0.4 is 20.7 Å². The van der Waals surface area contributed by atoms with Crippen molar-refractivity contribution < 1.29 is 13.2 Å². The van der Waals surface area contributed by atoms with Gasteiger partial charge in [0.05, 0.1) is 5.75 Å². The Balaban J connectivity index is 2.45. The normalized spacial score (nSPS) is 12.7. The van der Waals surface area contributed by atoms with Crippen molar-refractivity contribution in [3.63, 3.8) is 0 Å². The van der Waals surface area contributed by atoms with Crippen LogP contribution in [-0.2, 0) is 10.0 Å². The highest BCUT2D eigenvalue weighted by molar-refractivity contribution is 7.89. The van der Waals surface area contributed by atoms with Crippen molar-refractivity contribution in [2.24, 2.45) is 0 Å². The zero-order valence-electron chi connectivity index (χ0n) is 12.4. The molecule has 1 aromatic carbocycles. The molecule has 0 saturated carbocycles. The van der Waals surface area contributed by atoms with Crippen molar-refractivity contribution in [3.8, 4) is 0 Å². The fourth-order valence-electron chi connectivity index (χ4n) is 1.60. The minimum atomic E-state index is -3.31. The summed E-state index contributed by atoms with van der Waals surface area (Å²) in [6, 6.07) is 7.24. The molecule has 0 heterocycles. The molecule has 0 aliphatic rings. The molecule has 8 heteroatoms. The zero-order valence-corrected chi connectivity index (χ0v) is 13.3. The molecule has 0 saturated heterocycles. The van der Waals surface area contributed by atoms with Crippen LogP contribution >= 0.6 is 0 Å². The smallest absolute Gasteiger partial charge is 0.319 e. The van der Waals surface area contributed by atoms with Crippen LogP contribution in [0.1, 0.15) is 18.5 Å². The minimum Gasteiger partial charge on any atom is -0.337 e. The minimum absolute atomic E-state index is 0.0455. The van der Waals surface area contributed by atoms with Gasteiger partial charge in [-0.25, -0.2) is 17.9 Å². The molecule has 1 atom stereocenters. The summed E-state index contributed by atoms with van der Waals surface area (Å²) in [7, 11) is -0.0907. The van der Waals surface area contributed by atoms with Gasteiger partial charge >= 0.3 is 6.03 Å². The maximum Gasteiger partial charge on any atom is 0.319 e. The number of anilines is 1. The molecule has 0 spiro atoms. The second-order valence-corrected chi connectivity index (χ2v) is 6.58. The van der Waals surface area contributed by atoms with E-state index in [-0.39, 0.29) is 18.3 Å². The summed E-state index contributed by atoms with van der Waals surface area (Å²) >= 11 is 0. The number of rotatable bonds is 7. The average Bonchev–Trinajstić information content (AvgIpc) is 2.47. The Hall–Kier alpha value is -1.64. The molecule has 21 heavy (non-hydrogen) atoms. The molecule has 2 amide bonds. The van der Waals surface area contributed by atoms with Crippen molar-refractivity contribution >= 4 is 21.7 Å². The summed E-state index contributed by atoms with van der Waals surface area (Å²) in [6.45, 7) is 2.08. The Morgan fingerprint density at radius 3 is 2.33 bits per heavy atom. The largest absolute Gasteiger partial charge is 0.337 e. The van der Waals surface area contributed by atoms with Crippen LogP contribution in [0.3, 0.4) is 0 Å². The van der Waals surface area contributed by atoms with Gasteiger partial charge in [0.1, 0.15) is 0 Å². The van der Waals surface area contributed by atoms with E-state index in [1.807, 2.05) is 26.1 Å². The van der Waals surface area contributed by atoms with Gasteiger partial charge in [0.25, 0.3) is 0 Å². The number of benzene rings is 1. The lowest BCUT2D eigenvalue weighted by molar-refractivity contribution is 0.252. The van der Waals surface area contributed by atoms with Gasteiger partial charge in [0.2, 0.25) is 10.0 Å². The number of amides is 2. The number of urea groups is 1. The summed E-state index contributed by atoms with van der Waals surface area (Å²) in [6.07, 6.45) is 0. The van der Waals surface area contributed by atoms with Crippen LogP contribution in [0.2, 0.25) is 0 Å². The molecule has 0 radical (unpaired) electrons. The lowest BCUT2D eigenvalue weighted by Crippen LogP contribution is -2.35. The van der Waals surface area contributed by atoms with Crippen molar-refractivity contribution in [2.75, 3.05) is 31.7 Å². The molecule has 1 rings (SSSR count). The highest BCUT2D eigenvalue weighted by atomic mass is 32.2. The zero-order chi connectivity index (χ0) is 15.9. The number of carbonyl (C=O) groups is 1. The molecular weight excluding hydrogens is 292 g/mol. The van der Waals surface area contributed by atoms with E-state index in [0.29, 0.717) is 5.69 Å². The third-order valence-electron chi connectivity index (χ3n) is 3.07. The molecule has 1 aromatic rings. The van der Waals surface area contributed by atoms with Gasteiger partial charge in [0.15, 0.2) is 0 Å². The second kappa shape index (κ2) is 7.96. The van der Waals surface area contributed by atoms with Gasteiger partial charge in [-0.2, -0.15) is 0 Å². The summed E-state index contributed by atoms with van der Waals surface area (Å²) in [5.74, 6) is -0.157. The summed E-state index contributed by atoms with van der Waals surface area (Å²) in [5, 5.41) is 8.26. The van der Waals surface area contributed by atoms with Crippen molar-refractivity contribution in [1.82, 2.24) is 15.4 Å². The van der Waals surface area contributed by atoms with E-state index in [0.717, 1.165) is 5.56 Å². The number of nitrogens with one attached hydrogen (secondary N) is 4. The first-order valence-corrected chi connectivity index (χ1v) is 8.26. The maximum absolute atomic E-state index is 11.6. The van der Waals surface area contributed by atoms with E-state index in [2.05, 4.69) is 20.7 Å². The fraction of sp³-hybridized carbons (Fsp3) is 0.462. The van der Waals surface area contributed by atoms with Gasteiger partial charge in [-0.05, 0) is 38.7 Å². The van der Waals surface area contributed by atoms with Crippen LogP contribution in [-0.4, -0.2) is 40.8 Å². The third kappa shape index (κ3) is 6.11. The van der Waals surface area contributed by atoms with Crippen molar-refractivity contribution in [2.45, 2.75) is 13.0 Å². The predicted molar refractivity (Wildman–Crippen MR) is 83.8 cm³/mol. The van der Waals surface area contributed by atoms with Gasteiger partial charge in [-0.1, -0.05) is 12.1 Å². The number of hydrogen-bond donors (Lipinski definition) is 4. The van der Waals surface area contributed by atoms with Gasteiger partial charge in [-0.3, -0.25) is 0 Å². The first kappa shape index (κ1) is 17.4. The summed E-state index contributed by atoms with van der Waals surface area (Å²) < 4.78 is 24.5. The quantitative estimate of drug-likeness (QED) is 0.593. The standard InChI is InChI=1S/C13H22N4O3S/c1-10(14-2)11-4-6-12(7-5-11)17-13(18)16-8-9-21(19,20)15-3/h4-7,10,14-15H,8-9H2,1-3H3,(H2,16,17,18). The number of hydrogen-bond acceptors (Lipinski definition) is 4. The lowest BCUT2D eigenvalue weighted by Gasteiger charge is -2.12. The van der Waals surface area contributed by atoms with E-state index in [9.17, 15) is 13.2 Å². The molecule has 0 fully saturated rings. The molecule has 0 bridgehead atoms. The molecule has 118 valence electrons. The van der Waals surface area contributed by atoms with E-state index in [1.54, 1.807) is 12.1 Å². The topological polar surface area (TPSA) is 99.3 Å². The van der Waals surface area contributed by atoms with Gasteiger partial charge in [0, 0.05) is 18.3 Å². The van der Waals surface area contributed by atoms with Crippen LogP contribution in [0, 0.1) is 0 Å². The van der Waals surface area contributed by atoms with Crippen LogP contribution in [0.25, 0.3) is 0 Å². The average molecular weight is 314 g/mol.